The van der Waals surface area contributed by atoms with Gasteiger partial charge >= 0.3 is 0 Å². The Hall–Kier alpha value is -1.93. The first-order chi connectivity index (χ1) is 8.12. The number of hydrogen-bond donors (Lipinski definition) is 1. The molecule has 2 heterocycles. The van der Waals surface area contributed by atoms with Crippen LogP contribution in [0.15, 0.2) is 29.9 Å². The molecule has 0 fully saturated rings. The number of thiazole rings is 1. The number of nitrogens with one attached hydrogen (secondary N) is 1. The molecule has 2 aromatic rings. The molecule has 1 N–H and O–H groups in total. The molecule has 0 radical (unpaired) electrons. The van der Waals surface area contributed by atoms with Gasteiger partial charge in [0.05, 0.1) is 17.4 Å². The van der Waals surface area contributed by atoms with Gasteiger partial charge in [-0.05, 0) is 26.0 Å². The topological polar surface area (TPSA) is 61.6 Å². The maximum Gasteiger partial charge on any atom is 0.140 e. The van der Waals surface area contributed by atoms with Crippen molar-refractivity contribution in [1.29, 1.82) is 5.26 Å². The molecule has 2 aromatic heterocycles. The summed E-state index contributed by atoms with van der Waals surface area (Å²) < 4.78 is 0. The van der Waals surface area contributed by atoms with E-state index in [0.29, 0.717) is 5.69 Å². The molecule has 17 heavy (non-hydrogen) atoms. The summed E-state index contributed by atoms with van der Waals surface area (Å²) in [5, 5.41) is 15.0. The highest BCUT2D eigenvalue weighted by atomic mass is 32.1. The number of aromatic nitrogens is 2. The number of nitriles is 1. The number of anilines is 1. The van der Waals surface area contributed by atoms with E-state index in [4.69, 9.17) is 5.26 Å². The summed E-state index contributed by atoms with van der Waals surface area (Å²) in [7, 11) is 0. The Balaban J connectivity index is 2.18. The van der Waals surface area contributed by atoms with Crippen LogP contribution in [0.2, 0.25) is 0 Å². The van der Waals surface area contributed by atoms with Crippen LogP contribution in [0.1, 0.15) is 24.5 Å². The van der Waals surface area contributed by atoms with Crippen molar-refractivity contribution in [2.75, 3.05) is 5.32 Å². The van der Waals surface area contributed by atoms with Gasteiger partial charge in [0.15, 0.2) is 0 Å². The molecule has 0 spiro atoms. The minimum absolute atomic E-state index is 0.246. The van der Waals surface area contributed by atoms with Gasteiger partial charge in [-0.1, -0.05) is 0 Å². The van der Waals surface area contributed by atoms with E-state index < -0.39 is 0 Å². The molecular formula is C12H12N4S. The largest absolute Gasteiger partial charge is 0.372 e. The second kappa shape index (κ2) is 4.52. The van der Waals surface area contributed by atoms with E-state index in [-0.39, 0.29) is 5.54 Å². The third-order valence-electron chi connectivity index (χ3n) is 2.30. The van der Waals surface area contributed by atoms with E-state index in [0.717, 1.165) is 10.7 Å². The summed E-state index contributed by atoms with van der Waals surface area (Å²) in [5.41, 5.74) is 1.05. The standard InChI is InChI=1S/C12H12N4S/c1-12(2,11-14-5-6-17-11)16-10-4-3-9(7-13)15-8-10/h3-6,8,16H,1-2H3. The molecule has 0 unspecified atom stereocenters. The van der Waals surface area contributed by atoms with Crippen LogP contribution in [0.5, 0.6) is 0 Å². The van der Waals surface area contributed by atoms with Crippen LogP contribution in [-0.2, 0) is 5.54 Å². The number of nitrogens with zero attached hydrogens (tertiary/aromatic N) is 3. The maximum absolute atomic E-state index is 8.67. The van der Waals surface area contributed by atoms with Gasteiger partial charge in [-0.2, -0.15) is 5.26 Å². The van der Waals surface area contributed by atoms with Crippen molar-refractivity contribution in [3.05, 3.63) is 40.6 Å². The summed E-state index contributed by atoms with van der Waals surface area (Å²) in [6, 6.07) is 5.54. The summed E-state index contributed by atoms with van der Waals surface area (Å²) in [5.74, 6) is 0. The molecule has 0 aromatic carbocycles. The minimum Gasteiger partial charge on any atom is -0.372 e. The molecule has 86 valence electrons. The molecule has 0 amide bonds. The summed E-state index contributed by atoms with van der Waals surface area (Å²) >= 11 is 1.61. The van der Waals surface area contributed by atoms with Gasteiger partial charge in [-0.25, -0.2) is 9.97 Å². The first-order valence-corrected chi connectivity index (χ1v) is 6.04. The highest BCUT2D eigenvalue weighted by molar-refractivity contribution is 7.09. The Morgan fingerprint density at radius 1 is 1.35 bits per heavy atom. The van der Waals surface area contributed by atoms with E-state index >= 15 is 0 Å². The first kappa shape index (κ1) is 11.6. The number of rotatable bonds is 3. The van der Waals surface area contributed by atoms with Crippen molar-refractivity contribution in [1.82, 2.24) is 9.97 Å². The van der Waals surface area contributed by atoms with E-state index in [9.17, 15) is 0 Å². The number of hydrogen-bond acceptors (Lipinski definition) is 5. The second-order valence-corrected chi connectivity index (χ2v) is 5.03. The zero-order valence-corrected chi connectivity index (χ0v) is 10.5. The lowest BCUT2D eigenvalue weighted by atomic mass is 10.1. The molecule has 0 aliphatic heterocycles. The minimum atomic E-state index is -0.246. The third-order valence-corrected chi connectivity index (χ3v) is 3.40. The lowest BCUT2D eigenvalue weighted by molar-refractivity contribution is 0.604. The van der Waals surface area contributed by atoms with Crippen LogP contribution in [0.25, 0.3) is 0 Å². The molecule has 0 saturated heterocycles. The first-order valence-electron chi connectivity index (χ1n) is 5.16. The van der Waals surface area contributed by atoms with Crippen molar-refractivity contribution in [2.45, 2.75) is 19.4 Å². The maximum atomic E-state index is 8.67. The summed E-state index contributed by atoms with van der Waals surface area (Å²) in [4.78, 5) is 8.32. The highest BCUT2D eigenvalue weighted by Crippen LogP contribution is 2.26. The SMILES string of the molecule is CC(C)(Nc1ccc(C#N)nc1)c1nccs1. The molecule has 2 rings (SSSR count). The molecule has 0 aliphatic carbocycles. The normalized spacial score (nSPS) is 10.9. The molecule has 0 aliphatic rings. The quantitative estimate of drug-likeness (QED) is 0.901. The van der Waals surface area contributed by atoms with Crippen molar-refractivity contribution in [3.63, 3.8) is 0 Å². The van der Waals surface area contributed by atoms with Gasteiger partial charge in [-0.3, -0.25) is 0 Å². The van der Waals surface area contributed by atoms with E-state index in [2.05, 4.69) is 29.1 Å². The molecule has 0 saturated carbocycles. The van der Waals surface area contributed by atoms with Gasteiger partial charge in [0.1, 0.15) is 16.8 Å². The third kappa shape index (κ3) is 2.60. The lowest BCUT2D eigenvalue weighted by Gasteiger charge is -2.24. The average molecular weight is 244 g/mol. The van der Waals surface area contributed by atoms with Crippen molar-refractivity contribution in [3.8, 4) is 6.07 Å². The molecular weight excluding hydrogens is 232 g/mol. The zero-order chi connectivity index (χ0) is 12.3. The fourth-order valence-electron chi connectivity index (χ4n) is 1.48. The van der Waals surface area contributed by atoms with Crippen molar-refractivity contribution in [2.24, 2.45) is 0 Å². The monoisotopic (exact) mass is 244 g/mol. The van der Waals surface area contributed by atoms with Gasteiger partial charge in [0, 0.05) is 11.6 Å². The molecule has 4 nitrogen and oxygen atoms in total. The van der Waals surface area contributed by atoms with Gasteiger partial charge in [-0.15, -0.1) is 11.3 Å². The molecule has 0 atom stereocenters. The number of pyridine rings is 1. The van der Waals surface area contributed by atoms with Crippen LogP contribution in [0.4, 0.5) is 5.69 Å². The highest BCUT2D eigenvalue weighted by Gasteiger charge is 2.22. The fraction of sp³-hybridized carbons (Fsp3) is 0.250. The van der Waals surface area contributed by atoms with Gasteiger partial charge in [0.2, 0.25) is 0 Å². The average Bonchev–Trinajstić information content (AvgIpc) is 2.84. The zero-order valence-electron chi connectivity index (χ0n) is 9.64. The van der Waals surface area contributed by atoms with E-state index in [1.54, 1.807) is 29.8 Å². The smallest absolute Gasteiger partial charge is 0.140 e. The second-order valence-electron chi connectivity index (χ2n) is 4.13. The Labute approximate surface area is 104 Å². The van der Waals surface area contributed by atoms with Crippen molar-refractivity contribution >= 4 is 17.0 Å². The fourth-order valence-corrected chi connectivity index (χ4v) is 2.20. The Morgan fingerprint density at radius 2 is 2.18 bits per heavy atom. The van der Waals surface area contributed by atoms with Gasteiger partial charge in [0.25, 0.3) is 0 Å². The molecule has 5 heteroatoms. The van der Waals surface area contributed by atoms with Crippen LogP contribution in [0.3, 0.4) is 0 Å². The van der Waals surface area contributed by atoms with Crippen LogP contribution in [-0.4, -0.2) is 9.97 Å². The van der Waals surface area contributed by atoms with Gasteiger partial charge < -0.3 is 5.32 Å². The van der Waals surface area contributed by atoms with Crippen LogP contribution in [0, 0.1) is 11.3 Å². The Morgan fingerprint density at radius 3 is 2.71 bits per heavy atom. The predicted molar refractivity (Wildman–Crippen MR) is 67.7 cm³/mol. The van der Waals surface area contributed by atoms with Crippen molar-refractivity contribution < 1.29 is 0 Å². The summed E-state index contributed by atoms with van der Waals surface area (Å²) in [6.45, 7) is 4.12. The van der Waals surface area contributed by atoms with E-state index in [1.165, 1.54) is 0 Å². The Kier molecular flexibility index (Phi) is 3.07. The van der Waals surface area contributed by atoms with E-state index in [1.807, 2.05) is 17.5 Å². The summed E-state index contributed by atoms with van der Waals surface area (Å²) in [6.07, 6.45) is 3.45. The predicted octanol–water partition coefficient (Wildman–Crippen LogP) is 2.76. The lowest BCUT2D eigenvalue weighted by Crippen LogP contribution is -2.27. The molecule has 0 bridgehead atoms. The van der Waals surface area contributed by atoms with Crippen LogP contribution < -0.4 is 5.32 Å². The Bertz CT molecular complexity index is 523. The van der Waals surface area contributed by atoms with Crippen LogP contribution >= 0.6 is 11.3 Å².